The number of aromatic nitrogens is 3. The van der Waals surface area contributed by atoms with Gasteiger partial charge in [-0.05, 0) is 47.9 Å². The summed E-state index contributed by atoms with van der Waals surface area (Å²) in [5, 5.41) is 14.4. The summed E-state index contributed by atoms with van der Waals surface area (Å²) < 4.78 is 3.03. The quantitative estimate of drug-likeness (QED) is 0.227. The van der Waals surface area contributed by atoms with Crippen LogP contribution < -0.4 is 5.69 Å². The minimum Gasteiger partial charge on any atom is -0.480 e. The lowest BCUT2D eigenvalue weighted by Crippen LogP contribution is -2.25. The molecule has 186 valence electrons. The number of aliphatic carboxylic acids is 1. The molecule has 1 heterocycles. The molecule has 0 saturated heterocycles. The van der Waals surface area contributed by atoms with E-state index in [-0.39, 0.29) is 5.69 Å². The molecule has 0 radical (unpaired) electrons. The number of rotatable bonds is 10. The highest BCUT2D eigenvalue weighted by Crippen LogP contribution is 2.38. The molecule has 0 aliphatic heterocycles. The average Bonchev–Trinajstić information content (AvgIpc) is 3.17. The van der Waals surface area contributed by atoms with Crippen molar-refractivity contribution in [2.45, 2.75) is 42.9 Å². The summed E-state index contributed by atoms with van der Waals surface area (Å²) in [7, 11) is 0. The van der Waals surface area contributed by atoms with Crippen molar-refractivity contribution in [3.63, 3.8) is 0 Å². The van der Waals surface area contributed by atoms with E-state index in [9.17, 15) is 14.7 Å². The maximum absolute atomic E-state index is 13.3. The van der Waals surface area contributed by atoms with E-state index >= 15 is 0 Å². The Morgan fingerprint density at radius 1 is 1.00 bits per heavy atom. The molecule has 0 aliphatic rings. The van der Waals surface area contributed by atoms with Crippen molar-refractivity contribution in [3.8, 4) is 5.69 Å². The van der Waals surface area contributed by atoms with E-state index in [1.807, 2.05) is 36.4 Å². The van der Waals surface area contributed by atoms with Gasteiger partial charge in [0.1, 0.15) is 11.1 Å². The van der Waals surface area contributed by atoms with Gasteiger partial charge in [0, 0.05) is 16.3 Å². The van der Waals surface area contributed by atoms with Crippen LogP contribution in [-0.4, -0.2) is 25.4 Å². The first-order chi connectivity index (χ1) is 17.4. The predicted molar refractivity (Wildman–Crippen MR) is 145 cm³/mol. The van der Waals surface area contributed by atoms with Gasteiger partial charge in [0.05, 0.1) is 17.3 Å². The van der Waals surface area contributed by atoms with Gasteiger partial charge >= 0.3 is 11.7 Å². The van der Waals surface area contributed by atoms with Gasteiger partial charge < -0.3 is 5.11 Å². The molecular weight excluding hydrogens is 517 g/mol. The number of unbranched alkanes of at least 4 members (excludes halogenated alkanes) is 1. The van der Waals surface area contributed by atoms with Gasteiger partial charge in [-0.15, -0.1) is 16.9 Å². The van der Waals surface area contributed by atoms with Gasteiger partial charge in [-0.2, -0.15) is 4.68 Å². The number of carbonyl (C=O) groups is 1. The standard InChI is InChI=1S/C27H25Cl2N3O3S/c1-2-3-12-24-30-32(23-11-7-6-10-22(23)29)27(35)31(24)17-18-13-15-19(16-14-18)36-25(26(33)34)20-8-4-5-9-21(20)28/h4-11,13-16,25H,2-3,12,17H2,1H3,(H,33,34). The molecule has 1 N–H and O–H groups in total. The molecule has 36 heavy (non-hydrogen) atoms. The smallest absolute Gasteiger partial charge is 0.351 e. The predicted octanol–water partition coefficient (Wildman–Crippen LogP) is 6.65. The lowest BCUT2D eigenvalue weighted by molar-refractivity contribution is -0.136. The Bertz CT molecular complexity index is 1420. The molecule has 0 spiro atoms. The fourth-order valence-electron chi connectivity index (χ4n) is 3.82. The van der Waals surface area contributed by atoms with E-state index < -0.39 is 11.2 Å². The highest BCUT2D eigenvalue weighted by molar-refractivity contribution is 8.00. The van der Waals surface area contributed by atoms with Gasteiger partial charge in [-0.25, -0.2) is 4.79 Å². The number of benzene rings is 3. The summed E-state index contributed by atoms with van der Waals surface area (Å²) in [6, 6.07) is 21.6. The van der Waals surface area contributed by atoms with Crippen LogP contribution in [0.1, 0.15) is 42.0 Å². The zero-order valence-electron chi connectivity index (χ0n) is 19.6. The number of carboxylic acids is 1. The summed E-state index contributed by atoms with van der Waals surface area (Å²) in [6.07, 6.45) is 2.57. The summed E-state index contributed by atoms with van der Waals surface area (Å²) in [6.45, 7) is 2.44. The lowest BCUT2D eigenvalue weighted by atomic mass is 10.1. The molecule has 0 bridgehead atoms. The number of aryl methyl sites for hydroxylation is 1. The summed E-state index contributed by atoms with van der Waals surface area (Å²) in [5.74, 6) is -0.263. The Hall–Kier alpha value is -3.00. The molecule has 0 fully saturated rings. The number of hydrogen-bond acceptors (Lipinski definition) is 4. The number of para-hydroxylation sites is 1. The van der Waals surface area contributed by atoms with Gasteiger partial charge in [0.15, 0.2) is 0 Å². The van der Waals surface area contributed by atoms with Crippen molar-refractivity contribution < 1.29 is 9.90 Å². The van der Waals surface area contributed by atoms with E-state index in [0.717, 1.165) is 23.3 Å². The summed E-state index contributed by atoms with van der Waals surface area (Å²) >= 11 is 13.8. The van der Waals surface area contributed by atoms with Gasteiger partial charge in [-0.1, -0.05) is 79.0 Å². The Kier molecular flexibility index (Phi) is 8.56. The Morgan fingerprint density at radius 3 is 2.31 bits per heavy atom. The molecule has 4 aromatic rings. The number of nitrogens with zero attached hydrogens (tertiary/aromatic N) is 3. The second-order valence-electron chi connectivity index (χ2n) is 8.25. The second-order valence-corrected chi connectivity index (χ2v) is 10.2. The zero-order valence-corrected chi connectivity index (χ0v) is 21.9. The van der Waals surface area contributed by atoms with E-state index in [0.29, 0.717) is 40.1 Å². The number of hydrogen-bond donors (Lipinski definition) is 1. The van der Waals surface area contributed by atoms with Crippen LogP contribution in [0.15, 0.2) is 82.5 Å². The van der Waals surface area contributed by atoms with Crippen LogP contribution in [0.2, 0.25) is 10.0 Å². The van der Waals surface area contributed by atoms with E-state index in [1.165, 1.54) is 16.4 Å². The minimum atomic E-state index is -0.962. The SMILES string of the molecule is CCCCc1nn(-c2ccccc2Cl)c(=O)n1Cc1ccc(SC(C(=O)O)c2ccccc2Cl)cc1. The third kappa shape index (κ3) is 5.86. The molecule has 0 amide bonds. The normalized spacial score (nSPS) is 12.0. The van der Waals surface area contributed by atoms with E-state index in [1.54, 1.807) is 41.0 Å². The third-order valence-electron chi connectivity index (χ3n) is 5.70. The van der Waals surface area contributed by atoms with Crippen molar-refractivity contribution in [1.29, 1.82) is 0 Å². The van der Waals surface area contributed by atoms with Crippen LogP contribution in [0.25, 0.3) is 5.69 Å². The van der Waals surface area contributed by atoms with Gasteiger partial charge in [-0.3, -0.25) is 9.36 Å². The molecule has 1 aromatic heterocycles. The van der Waals surface area contributed by atoms with Crippen molar-refractivity contribution >= 4 is 40.9 Å². The average molecular weight is 542 g/mol. The highest BCUT2D eigenvalue weighted by Gasteiger charge is 2.23. The van der Waals surface area contributed by atoms with Crippen LogP contribution in [-0.2, 0) is 17.8 Å². The molecule has 0 saturated carbocycles. The molecule has 4 rings (SSSR count). The van der Waals surface area contributed by atoms with Crippen molar-refractivity contribution in [2.75, 3.05) is 0 Å². The molecule has 9 heteroatoms. The van der Waals surface area contributed by atoms with Crippen LogP contribution in [0.4, 0.5) is 0 Å². The summed E-state index contributed by atoms with van der Waals surface area (Å²) in [4.78, 5) is 26.0. The van der Waals surface area contributed by atoms with Crippen LogP contribution in [0, 0.1) is 0 Å². The van der Waals surface area contributed by atoms with Gasteiger partial charge in [0.25, 0.3) is 0 Å². The van der Waals surface area contributed by atoms with E-state index in [4.69, 9.17) is 23.2 Å². The first kappa shape index (κ1) is 26.1. The monoisotopic (exact) mass is 541 g/mol. The first-order valence-electron chi connectivity index (χ1n) is 11.6. The maximum atomic E-state index is 13.3. The van der Waals surface area contributed by atoms with E-state index in [2.05, 4.69) is 12.0 Å². The Labute approximate surface area is 223 Å². The lowest BCUT2D eigenvalue weighted by Gasteiger charge is -2.14. The Balaban J connectivity index is 1.59. The van der Waals surface area contributed by atoms with Gasteiger partial charge in [0.2, 0.25) is 0 Å². The van der Waals surface area contributed by atoms with Crippen molar-refractivity contribution in [3.05, 3.63) is 110 Å². The number of thioether (sulfide) groups is 1. The number of halogens is 2. The fraction of sp³-hybridized carbons (Fsp3) is 0.222. The second kappa shape index (κ2) is 11.8. The molecule has 1 atom stereocenters. The summed E-state index contributed by atoms with van der Waals surface area (Å²) in [5.41, 5.74) is 1.76. The van der Waals surface area contributed by atoms with Crippen molar-refractivity contribution in [1.82, 2.24) is 14.3 Å². The van der Waals surface area contributed by atoms with Crippen LogP contribution >= 0.6 is 35.0 Å². The van der Waals surface area contributed by atoms with Crippen LogP contribution in [0.5, 0.6) is 0 Å². The third-order valence-corrected chi connectivity index (χ3v) is 7.60. The first-order valence-corrected chi connectivity index (χ1v) is 13.2. The molecular formula is C27H25Cl2N3O3S. The Morgan fingerprint density at radius 2 is 1.67 bits per heavy atom. The van der Waals surface area contributed by atoms with Crippen molar-refractivity contribution in [2.24, 2.45) is 0 Å². The molecule has 1 unspecified atom stereocenters. The zero-order chi connectivity index (χ0) is 25.7. The maximum Gasteiger partial charge on any atom is 0.351 e. The highest BCUT2D eigenvalue weighted by atomic mass is 35.5. The fourth-order valence-corrected chi connectivity index (χ4v) is 5.35. The topological polar surface area (TPSA) is 77.1 Å². The molecule has 6 nitrogen and oxygen atoms in total. The van der Waals surface area contributed by atoms with Crippen LogP contribution in [0.3, 0.4) is 0 Å². The minimum absolute atomic E-state index is 0.252. The molecule has 3 aromatic carbocycles. The number of carboxylic acid groups (broad SMARTS) is 1. The largest absolute Gasteiger partial charge is 0.480 e. The molecule has 0 aliphatic carbocycles.